The highest BCUT2D eigenvalue weighted by Gasteiger charge is 2.23. The van der Waals surface area contributed by atoms with Gasteiger partial charge in [0.05, 0.1) is 18.8 Å². The molecule has 1 amide bonds. The number of benzene rings is 1. The maximum atomic E-state index is 12.1. The van der Waals surface area contributed by atoms with Crippen molar-refractivity contribution >= 4 is 5.91 Å². The summed E-state index contributed by atoms with van der Waals surface area (Å²) in [4.78, 5) is 12.1. The Labute approximate surface area is 111 Å². The highest BCUT2D eigenvalue weighted by atomic mass is 16.5. The number of carbonyl (C=O) groups is 1. The smallest absolute Gasteiger partial charge is 0.237 e. The number of nitrogens with one attached hydrogen (secondary N) is 2. The van der Waals surface area contributed by atoms with E-state index >= 15 is 0 Å². The van der Waals surface area contributed by atoms with Crippen LogP contribution in [0.25, 0.3) is 0 Å². The summed E-state index contributed by atoms with van der Waals surface area (Å²) in [6.45, 7) is 1.11. The molecular weight excluding hydrogens is 242 g/mol. The van der Waals surface area contributed by atoms with E-state index in [2.05, 4.69) is 27.9 Å². The first kappa shape index (κ1) is 11.9. The molecule has 0 fully saturated rings. The van der Waals surface area contributed by atoms with E-state index in [1.54, 1.807) is 12.3 Å². The fourth-order valence-corrected chi connectivity index (χ4v) is 2.27. The third-order valence-electron chi connectivity index (χ3n) is 3.33. The SMILES string of the molecule is O=C(NCc1ccno1)[C@@H]1Cc2ccccc2CN1. The first-order chi connectivity index (χ1) is 9.33. The number of aromatic nitrogens is 1. The van der Waals surface area contributed by atoms with Crippen molar-refractivity contribution in [3.05, 3.63) is 53.4 Å². The first-order valence-corrected chi connectivity index (χ1v) is 6.30. The lowest BCUT2D eigenvalue weighted by molar-refractivity contribution is -0.123. The summed E-state index contributed by atoms with van der Waals surface area (Å²) in [6.07, 6.45) is 2.29. The van der Waals surface area contributed by atoms with E-state index in [-0.39, 0.29) is 11.9 Å². The van der Waals surface area contributed by atoms with Gasteiger partial charge in [0.15, 0.2) is 5.76 Å². The summed E-state index contributed by atoms with van der Waals surface area (Å²) in [5.74, 6) is 0.649. The van der Waals surface area contributed by atoms with Crippen molar-refractivity contribution in [2.75, 3.05) is 0 Å². The maximum absolute atomic E-state index is 12.1. The van der Waals surface area contributed by atoms with Crippen molar-refractivity contribution in [1.82, 2.24) is 15.8 Å². The van der Waals surface area contributed by atoms with Crippen LogP contribution >= 0.6 is 0 Å². The monoisotopic (exact) mass is 257 g/mol. The minimum Gasteiger partial charge on any atom is -0.360 e. The summed E-state index contributed by atoms with van der Waals surface area (Å²) in [5.41, 5.74) is 2.50. The second kappa shape index (κ2) is 5.24. The standard InChI is InChI=1S/C14H15N3O2/c18-14(16-9-12-5-6-17-19-12)13-7-10-3-1-2-4-11(10)8-15-13/h1-6,13,15H,7-9H2,(H,16,18)/t13-/m0/s1. The van der Waals surface area contributed by atoms with Gasteiger partial charge in [0.25, 0.3) is 0 Å². The van der Waals surface area contributed by atoms with Crippen molar-refractivity contribution in [3.63, 3.8) is 0 Å². The summed E-state index contributed by atoms with van der Waals surface area (Å²) in [7, 11) is 0. The molecule has 3 rings (SSSR count). The highest BCUT2D eigenvalue weighted by Crippen LogP contribution is 2.16. The molecule has 5 nitrogen and oxygen atoms in total. The lowest BCUT2D eigenvalue weighted by Gasteiger charge is -2.25. The average Bonchev–Trinajstić information content (AvgIpc) is 2.97. The predicted octanol–water partition coefficient (Wildman–Crippen LogP) is 1.01. The van der Waals surface area contributed by atoms with Crippen LogP contribution in [0.3, 0.4) is 0 Å². The number of rotatable bonds is 3. The van der Waals surface area contributed by atoms with Crippen LogP contribution in [-0.2, 0) is 24.3 Å². The first-order valence-electron chi connectivity index (χ1n) is 6.30. The second-order valence-electron chi connectivity index (χ2n) is 4.60. The van der Waals surface area contributed by atoms with Crippen LogP contribution in [0.5, 0.6) is 0 Å². The summed E-state index contributed by atoms with van der Waals surface area (Å²) in [6, 6.07) is 9.75. The van der Waals surface area contributed by atoms with Crippen LogP contribution in [0.2, 0.25) is 0 Å². The zero-order valence-electron chi connectivity index (χ0n) is 10.4. The molecule has 0 bridgehead atoms. The Morgan fingerprint density at radius 1 is 1.37 bits per heavy atom. The number of fused-ring (bicyclic) bond motifs is 1. The molecule has 1 aliphatic rings. The molecule has 0 saturated carbocycles. The molecule has 19 heavy (non-hydrogen) atoms. The number of hydrogen-bond acceptors (Lipinski definition) is 4. The Morgan fingerprint density at radius 2 is 2.21 bits per heavy atom. The zero-order chi connectivity index (χ0) is 13.1. The van der Waals surface area contributed by atoms with E-state index in [4.69, 9.17) is 4.52 Å². The van der Waals surface area contributed by atoms with Gasteiger partial charge >= 0.3 is 0 Å². The molecule has 2 N–H and O–H groups in total. The third kappa shape index (κ3) is 2.66. The second-order valence-corrected chi connectivity index (χ2v) is 4.60. The topological polar surface area (TPSA) is 67.2 Å². The quantitative estimate of drug-likeness (QED) is 0.861. The van der Waals surface area contributed by atoms with Crippen LogP contribution in [0.1, 0.15) is 16.9 Å². The largest absolute Gasteiger partial charge is 0.360 e. The van der Waals surface area contributed by atoms with Crippen LogP contribution in [0.4, 0.5) is 0 Å². The maximum Gasteiger partial charge on any atom is 0.237 e. The number of carbonyl (C=O) groups excluding carboxylic acids is 1. The number of nitrogens with zero attached hydrogens (tertiary/aromatic N) is 1. The number of amides is 1. The van der Waals surface area contributed by atoms with Gasteiger partial charge in [-0.2, -0.15) is 0 Å². The average molecular weight is 257 g/mol. The molecule has 0 aliphatic carbocycles. The van der Waals surface area contributed by atoms with Gasteiger partial charge in [-0.1, -0.05) is 29.4 Å². The molecule has 1 aliphatic heterocycles. The van der Waals surface area contributed by atoms with E-state index in [0.717, 1.165) is 13.0 Å². The van der Waals surface area contributed by atoms with Crippen molar-refractivity contribution in [3.8, 4) is 0 Å². The van der Waals surface area contributed by atoms with Gasteiger partial charge in [0.1, 0.15) is 0 Å². The van der Waals surface area contributed by atoms with E-state index in [9.17, 15) is 4.79 Å². The lowest BCUT2D eigenvalue weighted by Crippen LogP contribution is -2.47. The molecule has 1 aromatic carbocycles. The van der Waals surface area contributed by atoms with Crippen molar-refractivity contribution in [2.24, 2.45) is 0 Å². The molecular formula is C14H15N3O2. The van der Waals surface area contributed by atoms with Gasteiger partial charge in [0, 0.05) is 12.6 Å². The minimum absolute atomic E-state index is 0.00842. The summed E-state index contributed by atoms with van der Waals surface area (Å²) >= 11 is 0. The fourth-order valence-electron chi connectivity index (χ4n) is 2.27. The number of hydrogen-bond donors (Lipinski definition) is 2. The van der Waals surface area contributed by atoms with Gasteiger partial charge < -0.3 is 15.2 Å². The molecule has 2 heterocycles. The van der Waals surface area contributed by atoms with Gasteiger partial charge in [0.2, 0.25) is 5.91 Å². The van der Waals surface area contributed by atoms with Gasteiger partial charge in [-0.05, 0) is 17.5 Å². The Morgan fingerprint density at radius 3 is 3.00 bits per heavy atom. The van der Waals surface area contributed by atoms with Crippen molar-refractivity contribution in [1.29, 1.82) is 0 Å². The molecule has 2 aromatic rings. The normalized spacial score (nSPS) is 17.8. The summed E-state index contributed by atoms with van der Waals surface area (Å²) < 4.78 is 4.94. The Kier molecular flexibility index (Phi) is 3.29. The lowest BCUT2D eigenvalue weighted by atomic mass is 9.95. The molecule has 5 heteroatoms. The van der Waals surface area contributed by atoms with Crippen LogP contribution < -0.4 is 10.6 Å². The Hall–Kier alpha value is -2.14. The van der Waals surface area contributed by atoms with E-state index in [0.29, 0.717) is 12.3 Å². The molecule has 0 unspecified atom stereocenters. The third-order valence-corrected chi connectivity index (χ3v) is 3.33. The van der Waals surface area contributed by atoms with E-state index < -0.39 is 0 Å². The summed E-state index contributed by atoms with van der Waals surface area (Å²) in [5, 5.41) is 9.70. The van der Waals surface area contributed by atoms with Crippen LogP contribution in [-0.4, -0.2) is 17.1 Å². The fraction of sp³-hybridized carbons (Fsp3) is 0.286. The molecule has 0 saturated heterocycles. The van der Waals surface area contributed by atoms with E-state index in [1.807, 2.05) is 12.1 Å². The van der Waals surface area contributed by atoms with Gasteiger partial charge in [-0.25, -0.2) is 0 Å². The van der Waals surface area contributed by atoms with Crippen LogP contribution in [0.15, 0.2) is 41.1 Å². The molecule has 0 spiro atoms. The van der Waals surface area contributed by atoms with Crippen molar-refractivity contribution in [2.45, 2.75) is 25.6 Å². The minimum atomic E-state index is -0.183. The van der Waals surface area contributed by atoms with Gasteiger partial charge in [-0.15, -0.1) is 0 Å². The Balaban J connectivity index is 1.60. The molecule has 1 atom stereocenters. The predicted molar refractivity (Wildman–Crippen MR) is 69.1 cm³/mol. The van der Waals surface area contributed by atoms with Gasteiger partial charge in [-0.3, -0.25) is 4.79 Å². The van der Waals surface area contributed by atoms with Crippen molar-refractivity contribution < 1.29 is 9.32 Å². The molecule has 1 aromatic heterocycles. The highest BCUT2D eigenvalue weighted by molar-refractivity contribution is 5.82. The van der Waals surface area contributed by atoms with E-state index in [1.165, 1.54) is 11.1 Å². The zero-order valence-corrected chi connectivity index (χ0v) is 10.4. The van der Waals surface area contributed by atoms with Crippen LogP contribution in [0, 0.1) is 0 Å². The molecule has 0 radical (unpaired) electrons. The molecule has 98 valence electrons. The Bertz CT molecular complexity index is 566.